The van der Waals surface area contributed by atoms with E-state index in [1.54, 1.807) is 15.8 Å². The van der Waals surface area contributed by atoms with Gasteiger partial charge in [0.25, 0.3) is 0 Å². The highest BCUT2D eigenvalue weighted by Crippen LogP contribution is 2.35. The number of carboxylic acids is 1. The number of amides is 1. The topological polar surface area (TPSA) is 75.4 Å². The molecule has 0 radical (unpaired) electrons. The average Bonchev–Trinajstić information content (AvgIpc) is 3.26. The molecule has 1 N–H and O–H groups in total. The van der Waals surface area contributed by atoms with Crippen LogP contribution in [0.4, 0.5) is 0 Å². The van der Waals surface area contributed by atoms with Crippen LogP contribution in [-0.2, 0) is 21.5 Å². The van der Waals surface area contributed by atoms with Crippen LogP contribution in [-0.4, -0.2) is 44.8 Å². The zero-order chi connectivity index (χ0) is 17.0. The van der Waals surface area contributed by atoms with Gasteiger partial charge >= 0.3 is 5.97 Å². The number of benzene rings is 1. The van der Waals surface area contributed by atoms with Gasteiger partial charge in [0.1, 0.15) is 5.41 Å². The number of likely N-dealkylation sites (tertiary alicyclic amines) is 1. The van der Waals surface area contributed by atoms with Crippen molar-refractivity contribution < 1.29 is 14.7 Å². The fraction of sp³-hybridized carbons (Fsp3) is 0.389. The summed E-state index contributed by atoms with van der Waals surface area (Å²) in [4.78, 5) is 26.0. The highest BCUT2D eigenvalue weighted by molar-refractivity contribution is 5.85. The lowest BCUT2D eigenvalue weighted by atomic mass is 9.80. The van der Waals surface area contributed by atoms with Crippen LogP contribution < -0.4 is 0 Å². The van der Waals surface area contributed by atoms with Gasteiger partial charge in [-0.2, -0.15) is 5.10 Å². The van der Waals surface area contributed by atoms with Crippen molar-refractivity contribution in [2.75, 3.05) is 13.1 Å². The third-order valence-corrected chi connectivity index (χ3v) is 4.69. The maximum absolute atomic E-state index is 12.4. The number of aryl methyl sites for hydroxylation is 1. The minimum Gasteiger partial charge on any atom is -0.481 e. The summed E-state index contributed by atoms with van der Waals surface area (Å²) in [5.74, 6) is -0.846. The van der Waals surface area contributed by atoms with Gasteiger partial charge in [0.2, 0.25) is 5.91 Å². The minimum atomic E-state index is -0.987. The molecule has 1 aromatic heterocycles. The van der Waals surface area contributed by atoms with Crippen molar-refractivity contribution in [1.29, 1.82) is 0 Å². The molecule has 3 rings (SSSR count). The lowest BCUT2D eigenvalue weighted by molar-refractivity contribution is -0.143. The van der Waals surface area contributed by atoms with E-state index in [1.165, 1.54) is 0 Å². The number of aliphatic carboxylic acids is 1. The summed E-state index contributed by atoms with van der Waals surface area (Å²) < 4.78 is 1.79. The lowest BCUT2D eigenvalue weighted by Gasteiger charge is -2.25. The van der Waals surface area contributed by atoms with E-state index in [-0.39, 0.29) is 12.5 Å². The van der Waals surface area contributed by atoms with Crippen LogP contribution in [0.25, 0.3) is 0 Å². The van der Waals surface area contributed by atoms with Crippen LogP contribution >= 0.6 is 0 Å². The van der Waals surface area contributed by atoms with Crippen LogP contribution in [0.2, 0.25) is 0 Å². The monoisotopic (exact) mass is 327 g/mol. The predicted molar refractivity (Wildman–Crippen MR) is 88.4 cm³/mol. The summed E-state index contributed by atoms with van der Waals surface area (Å²) in [6.45, 7) is 1.42. The summed E-state index contributed by atoms with van der Waals surface area (Å²) in [5.41, 5.74) is -0.219. The van der Waals surface area contributed by atoms with Gasteiger partial charge in [-0.3, -0.25) is 14.3 Å². The molecule has 24 heavy (non-hydrogen) atoms. The van der Waals surface area contributed by atoms with Crippen LogP contribution in [0.15, 0.2) is 48.8 Å². The normalized spacial score (nSPS) is 20.2. The van der Waals surface area contributed by atoms with E-state index in [0.717, 1.165) is 5.56 Å². The Morgan fingerprint density at radius 2 is 2.00 bits per heavy atom. The van der Waals surface area contributed by atoms with Gasteiger partial charge in [-0.05, 0) is 24.5 Å². The third-order valence-electron chi connectivity index (χ3n) is 4.69. The first kappa shape index (κ1) is 16.2. The molecule has 1 atom stereocenters. The molecule has 1 saturated heterocycles. The molecule has 1 aromatic carbocycles. The number of nitrogens with zero attached hydrogens (tertiary/aromatic N) is 3. The fourth-order valence-electron chi connectivity index (χ4n) is 3.30. The molecule has 0 saturated carbocycles. The quantitative estimate of drug-likeness (QED) is 0.879. The van der Waals surface area contributed by atoms with Gasteiger partial charge in [-0.15, -0.1) is 0 Å². The average molecular weight is 327 g/mol. The van der Waals surface area contributed by atoms with Gasteiger partial charge in [-0.25, -0.2) is 0 Å². The van der Waals surface area contributed by atoms with Crippen molar-refractivity contribution in [3.63, 3.8) is 0 Å². The molecule has 126 valence electrons. The second kappa shape index (κ2) is 6.86. The summed E-state index contributed by atoms with van der Waals surface area (Å²) in [5, 5.41) is 13.9. The van der Waals surface area contributed by atoms with Crippen molar-refractivity contribution >= 4 is 11.9 Å². The van der Waals surface area contributed by atoms with Crippen molar-refractivity contribution in [2.45, 2.75) is 31.2 Å². The zero-order valence-corrected chi connectivity index (χ0v) is 13.5. The molecule has 0 spiro atoms. The van der Waals surface area contributed by atoms with Crippen molar-refractivity contribution in [2.24, 2.45) is 0 Å². The Morgan fingerprint density at radius 3 is 2.67 bits per heavy atom. The predicted octanol–water partition coefficient (Wildman–Crippen LogP) is 1.92. The van der Waals surface area contributed by atoms with Gasteiger partial charge in [0.05, 0.1) is 0 Å². The van der Waals surface area contributed by atoms with Crippen LogP contribution in [0, 0.1) is 0 Å². The maximum Gasteiger partial charge on any atom is 0.316 e. The Bertz CT molecular complexity index is 700. The van der Waals surface area contributed by atoms with Crippen molar-refractivity contribution in [3.8, 4) is 0 Å². The summed E-state index contributed by atoms with van der Waals surface area (Å²) in [6, 6.07) is 11.1. The Balaban J connectivity index is 1.62. The molecule has 6 heteroatoms. The number of carbonyl (C=O) groups excluding carboxylic acids is 1. The van der Waals surface area contributed by atoms with E-state index in [9.17, 15) is 14.7 Å². The maximum atomic E-state index is 12.4. The highest BCUT2D eigenvalue weighted by atomic mass is 16.4. The number of carboxylic acid groups (broad SMARTS) is 1. The lowest BCUT2D eigenvalue weighted by Crippen LogP contribution is -2.40. The molecular formula is C18H21N3O3. The Kier molecular flexibility index (Phi) is 4.64. The molecule has 1 aliphatic rings. The van der Waals surface area contributed by atoms with E-state index < -0.39 is 11.4 Å². The first-order valence-electron chi connectivity index (χ1n) is 8.16. The van der Waals surface area contributed by atoms with E-state index in [0.29, 0.717) is 32.4 Å². The van der Waals surface area contributed by atoms with Crippen LogP contribution in [0.1, 0.15) is 24.8 Å². The van der Waals surface area contributed by atoms with Crippen molar-refractivity contribution in [1.82, 2.24) is 14.7 Å². The fourth-order valence-corrected chi connectivity index (χ4v) is 3.30. The molecule has 2 aromatic rings. The van der Waals surface area contributed by atoms with Gasteiger partial charge in [0, 0.05) is 38.4 Å². The van der Waals surface area contributed by atoms with Crippen molar-refractivity contribution in [3.05, 3.63) is 54.4 Å². The molecule has 0 aliphatic carbocycles. The Labute approximate surface area is 140 Å². The molecular weight excluding hydrogens is 306 g/mol. The Morgan fingerprint density at radius 1 is 1.21 bits per heavy atom. The molecule has 1 amide bonds. The SMILES string of the molecule is O=C(CCCn1cccn1)N1CCC(C(=O)O)(c2ccccc2)C1. The highest BCUT2D eigenvalue weighted by Gasteiger charge is 2.47. The van der Waals surface area contributed by atoms with Gasteiger partial charge < -0.3 is 10.0 Å². The molecule has 1 aliphatic heterocycles. The summed E-state index contributed by atoms with van der Waals surface area (Å²) >= 11 is 0. The van der Waals surface area contributed by atoms with E-state index in [2.05, 4.69) is 5.10 Å². The Hall–Kier alpha value is -2.63. The van der Waals surface area contributed by atoms with E-state index >= 15 is 0 Å². The van der Waals surface area contributed by atoms with Crippen LogP contribution in [0.3, 0.4) is 0 Å². The number of carbonyl (C=O) groups is 2. The summed E-state index contributed by atoms with van der Waals surface area (Å²) in [7, 11) is 0. The van der Waals surface area contributed by atoms with Gasteiger partial charge in [-0.1, -0.05) is 30.3 Å². The third kappa shape index (κ3) is 3.18. The number of rotatable bonds is 6. The molecule has 1 unspecified atom stereocenters. The molecule has 0 bridgehead atoms. The van der Waals surface area contributed by atoms with Gasteiger partial charge in [0.15, 0.2) is 0 Å². The molecule has 2 heterocycles. The minimum absolute atomic E-state index is 0.0150. The molecule has 1 fully saturated rings. The standard InChI is InChI=1S/C18H21N3O3/c22-16(8-4-11-21-12-5-10-19-21)20-13-9-18(14-20,17(23)24)15-6-2-1-3-7-15/h1-3,5-7,10,12H,4,8-9,11,13-14H2,(H,23,24). The number of aromatic nitrogens is 2. The second-order valence-corrected chi connectivity index (χ2v) is 6.19. The van der Waals surface area contributed by atoms with E-state index in [1.807, 2.05) is 42.6 Å². The van der Waals surface area contributed by atoms with Crippen LogP contribution in [0.5, 0.6) is 0 Å². The number of hydrogen-bond donors (Lipinski definition) is 1. The summed E-state index contributed by atoms with van der Waals surface area (Å²) in [6.07, 6.45) is 5.14. The first-order valence-corrected chi connectivity index (χ1v) is 8.16. The largest absolute Gasteiger partial charge is 0.481 e. The zero-order valence-electron chi connectivity index (χ0n) is 13.5. The first-order chi connectivity index (χ1) is 11.6. The second-order valence-electron chi connectivity index (χ2n) is 6.19. The smallest absolute Gasteiger partial charge is 0.316 e. The molecule has 6 nitrogen and oxygen atoms in total. The number of hydrogen-bond acceptors (Lipinski definition) is 3. The van der Waals surface area contributed by atoms with E-state index in [4.69, 9.17) is 0 Å².